The predicted octanol–water partition coefficient (Wildman–Crippen LogP) is -0.0456. The van der Waals surface area contributed by atoms with Gasteiger partial charge in [-0.05, 0) is 13.8 Å². The molecule has 1 atom stereocenters. The van der Waals surface area contributed by atoms with Crippen molar-refractivity contribution in [2.45, 2.75) is 19.4 Å². The van der Waals surface area contributed by atoms with Crippen LogP contribution in [0.15, 0.2) is 0 Å². The van der Waals surface area contributed by atoms with E-state index in [2.05, 4.69) is 0 Å². The molecule has 0 aromatic carbocycles. The van der Waals surface area contributed by atoms with Crippen molar-refractivity contribution < 1.29 is 19.4 Å². The number of hydrogen-bond acceptors (Lipinski definition) is 3. The van der Waals surface area contributed by atoms with E-state index in [1.165, 1.54) is 18.9 Å². The number of likely N-dealkylation sites (N-methyl/N-ethyl adjacent to an activating group) is 1. The molecule has 0 aliphatic rings. The molecule has 5 nitrogen and oxygen atoms in total. The van der Waals surface area contributed by atoms with Gasteiger partial charge >= 0.3 is 5.97 Å². The second-order valence-corrected chi connectivity index (χ2v) is 2.90. The van der Waals surface area contributed by atoms with Crippen molar-refractivity contribution in [2.24, 2.45) is 0 Å². The first-order chi connectivity index (χ1) is 6.02. The second kappa shape index (κ2) is 4.81. The smallest absolute Gasteiger partial charge is 0.331 e. The Balaban J connectivity index is 4.74. The van der Waals surface area contributed by atoms with Crippen molar-refractivity contribution in [3.63, 3.8) is 0 Å². The van der Waals surface area contributed by atoms with Gasteiger partial charge in [-0.1, -0.05) is 0 Å². The third-order valence-corrected chi connectivity index (χ3v) is 1.99. The van der Waals surface area contributed by atoms with Crippen molar-refractivity contribution in [3.8, 4) is 0 Å². The zero-order chi connectivity index (χ0) is 10.5. The van der Waals surface area contributed by atoms with Crippen molar-refractivity contribution >= 4 is 12.4 Å². The Morgan fingerprint density at radius 3 is 2.46 bits per heavy atom. The molecule has 76 valence electrons. The minimum atomic E-state index is -1.27. The highest BCUT2D eigenvalue weighted by molar-refractivity contribution is 5.81. The van der Waals surface area contributed by atoms with Gasteiger partial charge in [0.2, 0.25) is 6.41 Å². The van der Waals surface area contributed by atoms with Crippen molar-refractivity contribution in [3.05, 3.63) is 0 Å². The number of carbonyl (C=O) groups is 2. The highest BCUT2D eigenvalue weighted by atomic mass is 16.5. The van der Waals surface area contributed by atoms with E-state index in [4.69, 9.17) is 9.84 Å². The minimum Gasteiger partial charge on any atom is -0.479 e. The summed E-state index contributed by atoms with van der Waals surface area (Å²) in [5, 5.41) is 8.92. The number of hydrogen-bond donors (Lipinski definition) is 1. The summed E-state index contributed by atoms with van der Waals surface area (Å²) in [7, 11) is 1.40. The molecule has 0 bridgehead atoms. The maximum absolute atomic E-state index is 10.9. The molecular formula is C8H15NO4. The molecule has 1 amide bonds. The first-order valence-corrected chi connectivity index (χ1v) is 3.97. The van der Waals surface area contributed by atoms with E-state index in [9.17, 15) is 9.59 Å². The molecule has 13 heavy (non-hydrogen) atoms. The van der Waals surface area contributed by atoms with Gasteiger partial charge < -0.3 is 14.7 Å². The minimum absolute atomic E-state index is 0.0189. The zero-order valence-electron chi connectivity index (χ0n) is 8.11. The number of carboxylic acid groups (broad SMARTS) is 1. The highest BCUT2D eigenvalue weighted by Crippen LogP contribution is 2.13. The number of carbonyl (C=O) groups excluding carboxylic acids is 1. The third kappa shape index (κ3) is 2.42. The van der Waals surface area contributed by atoms with Crippen LogP contribution in [-0.2, 0) is 14.3 Å². The Morgan fingerprint density at radius 1 is 1.69 bits per heavy atom. The predicted molar refractivity (Wildman–Crippen MR) is 46.4 cm³/mol. The normalized spacial score (nSPS) is 14.7. The van der Waals surface area contributed by atoms with E-state index < -0.39 is 11.5 Å². The third-order valence-electron chi connectivity index (χ3n) is 1.99. The first-order valence-electron chi connectivity index (χ1n) is 3.97. The first kappa shape index (κ1) is 11.9. The number of ether oxygens (including phenoxy) is 1. The maximum Gasteiger partial charge on any atom is 0.331 e. The number of carboxylic acids is 1. The summed E-state index contributed by atoms with van der Waals surface area (Å²) in [6, 6.07) is 0. The molecule has 0 radical (unpaired) electrons. The molecule has 1 unspecified atom stereocenters. The molecule has 5 heteroatoms. The van der Waals surface area contributed by atoms with Crippen LogP contribution in [0.25, 0.3) is 0 Å². The van der Waals surface area contributed by atoms with E-state index in [0.29, 0.717) is 13.0 Å². The lowest BCUT2D eigenvalue weighted by Gasteiger charge is -2.33. The number of aliphatic carboxylic acids is 1. The van der Waals surface area contributed by atoms with E-state index in [0.717, 1.165) is 0 Å². The lowest BCUT2D eigenvalue weighted by molar-refractivity contribution is -0.157. The SMILES string of the molecule is CCN(C=O)C(C)(COC)C(=O)O. The van der Waals surface area contributed by atoms with Gasteiger partial charge in [-0.25, -0.2) is 4.79 Å². The van der Waals surface area contributed by atoms with Crippen LogP contribution < -0.4 is 0 Å². The molecule has 0 aromatic heterocycles. The maximum atomic E-state index is 10.9. The summed E-state index contributed by atoms with van der Waals surface area (Å²) in [5.74, 6) is -1.07. The monoisotopic (exact) mass is 189 g/mol. The van der Waals surface area contributed by atoms with Gasteiger partial charge in [0.05, 0.1) is 6.61 Å². The summed E-state index contributed by atoms with van der Waals surface area (Å²) in [6.45, 7) is 3.49. The summed E-state index contributed by atoms with van der Waals surface area (Å²) in [6.07, 6.45) is 0.521. The van der Waals surface area contributed by atoms with Crippen LogP contribution in [0.3, 0.4) is 0 Å². The van der Waals surface area contributed by atoms with Gasteiger partial charge in [0.1, 0.15) is 0 Å². The fourth-order valence-corrected chi connectivity index (χ4v) is 1.09. The Kier molecular flexibility index (Phi) is 4.40. The van der Waals surface area contributed by atoms with Crippen LogP contribution in [0.5, 0.6) is 0 Å². The molecule has 1 N–H and O–H groups in total. The number of rotatable bonds is 6. The van der Waals surface area contributed by atoms with Gasteiger partial charge in [-0.3, -0.25) is 4.79 Å². The van der Waals surface area contributed by atoms with Crippen LogP contribution in [-0.4, -0.2) is 48.2 Å². The van der Waals surface area contributed by atoms with E-state index in [1.807, 2.05) is 0 Å². The molecule has 0 heterocycles. The Morgan fingerprint density at radius 2 is 2.23 bits per heavy atom. The quantitative estimate of drug-likeness (QED) is 0.595. The topological polar surface area (TPSA) is 66.8 Å². The second-order valence-electron chi connectivity index (χ2n) is 2.90. The van der Waals surface area contributed by atoms with Crippen molar-refractivity contribution in [1.29, 1.82) is 0 Å². The summed E-state index contributed by atoms with van der Waals surface area (Å²) >= 11 is 0. The molecule has 0 aliphatic carbocycles. The van der Waals surface area contributed by atoms with Crippen LogP contribution in [0.1, 0.15) is 13.8 Å². The number of nitrogens with zero attached hydrogens (tertiary/aromatic N) is 1. The molecule has 0 saturated heterocycles. The fraction of sp³-hybridized carbons (Fsp3) is 0.750. The van der Waals surface area contributed by atoms with Gasteiger partial charge in [0.25, 0.3) is 0 Å². The average molecular weight is 189 g/mol. The average Bonchev–Trinajstić information content (AvgIpc) is 2.06. The Labute approximate surface area is 77.3 Å². The van der Waals surface area contributed by atoms with Gasteiger partial charge in [0.15, 0.2) is 5.54 Å². The van der Waals surface area contributed by atoms with Crippen LogP contribution in [0.2, 0.25) is 0 Å². The Bertz CT molecular complexity index is 195. The van der Waals surface area contributed by atoms with Crippen molar-refractivity contribution in [2.75, 3.05) is 20.3 Å². The summed E-state index contributed by atoms with van der Waals surface area (Å²) in [5.41, 5.74) is -1.27. The van der Waals surface area contributed by atoms with Crippen LogP contribution in [0, 0.1) is 0 Å². The molecule has 0 aromatic rings. The molecule has 0 saturated carbocycles. The molecule has 0 aliphatic heterocycles. The van der Waals surface area contributed by atoms with Gasteiger partial charge in [-0.15, -0.1) is 0 Å². The summed E-state index contributed by atoms with van der Waals surface area (Å²) in [4.78, 5) is 22.7. The summed E-state index contributed by atoms with van der Waals surface area (Å²) < 4.78 is 4.77. The van der Waals surface area contributed by atoms with Crippen LogP contribution in [0.4, 0.5) is 0 Å². The largest absolute Gasteiger partial charge is 0.479 e. The van der Waals surface area contributed by atoms with E-state index >= 15 is 0 Å². The molecule has 0 fully saturated rings. The Hall–Kier alpha value is -1.10. The molecule has 0 spiro atoms. The lowest BCUT2D eigenvalue weighted by Crippen LogP contribution is -2.54. The van der Waals surface area contributed by atoms with Gasteiger partial charge in [0, 0.05) is 13.7 Å². The number of amides is 1. The zero-order valence-corrected chi connectivity index (χ0v) is 8.11. The number of methoxy groups -OCH3 is 1. The van der Waals surface area contributed by atoms with E-state index in [1.54, 1.807) is 6.92 Å². The molecular weight excluding hydrogens is 174 g/mol. The highest BCUT2D eigenvalue weighted by Gasteiger charge is 2.38. The van der Waals surface area contributed by atoms with E-state index in [-0.39, 0.29) is 6.61 Å². The van der Waals surface area contributed by atoms with Crippen LogP contribution >= 0.6 is 0 Å². The molecule has 0 rings (SSSR count). The fourth-order valence-electron chi connectivity index (χ4n) is 1.09. The standard InChI is InChI=1S/C8H15NO4/c1-4-9(6-10)8(2,5-13-3)7(11)12/h6H,4-5H2,1-3H3,(H,11,12). The van der Waals surface area contributed by atoms with Crippen molar-refractivity contribution in [1.82, 2.24) is 4.90 Å². The lowest BCUT2D eigenvalue weighted by atomic mass is 10.0. The van der Waals surface area contributed by atoms with Gasteiger partial charge in [-0.2, -0.15) is 0 Å².